The van der Waals surface area contributed by atoms with Gasteiger partial charge in [0.15, 0.2) is 0 Å². The van der Waals surface area contributed by atoms with Crippen LogP contribution in [-0.2, 0) is 0 Å². The van der Waals surface area contributed by atoms with Gasteiger partial charge in [-0.2, -0.15) is 0 Å². The van der Waals surface area contributed by atoms with Crippen molar-refractivity contribution in [2.24, 2.45) is 0 Å². The van der Waals surface area contributed by atoms with Crippen molar-refractivity contribution < 1.29 is 0 Å². The van der Waals surface area contributed by atoms with Crippen LogP contribution in [0, 0.1) is 0 Å². The second-order valence-corrected chi connectivity index (χ2v) is 5.43. The Morgan fingerprint density at radius 2 is 1.80 bits per heavy atom. The minimum atomic E-state index is 0.688. The molecule has 0 saturated heterocycles. The number of halogens is 1. The normalized spacial score (nSPS) is 9.60. The molecule has 0 nitrogen and oxygen atoms in total. The Bertz CT molecular complexity index is 20.9. The van der Waals surface area contributed by atoms with Gasteiger partial charge in [0.05, 0.1) is 0 Å². The van der Waals surface area contributed by atoms with Gasteiger partial charge >= 0.3 is 45.9 Å². The van der Waals surface area contributed by atoms with Gasteiger partial charge in [0.2, 0.25) is 0 Å². The molecule has 0 aliphatic heterocycles. The summed E-state index contributed by atoms with van der Waals surface area (Å²) in [5, 5.41) is 0. The molecule has 0 spiro atoms. The van der Waals surface area contributed by atoms with E-state index < -0.39 is 0 Å². The van der Waals surface area contributed by atoms with Gasteiger partial charge in [-0.05, 0) is 0 Å². The third-order valence-corrected chi connectivity index (χ3v) is 4.81. The van der Waals surface area contributed by atoms with Crippen molar-refractivity contribution in [1.82, 2.24) is 0 Å². The van der Waals surface area contributed by atoms with Crippen LogP contribution in [0.1, 0.15) is 13.8 Å². The Morgan fingerprint density at radius 3 is 1.80 bits per heavy atom. The first kappa shape index (κ1) is 6.00. The summed E-state index contributed by atoms with van der Waals surface area (Å²) in [5.74, 6) is 0. The topological polar surface area (TPSA) is 0 Å². The van der Waals surface area contributed by atoms with Gasteiger partial charge in [-0.3, -0.25) is 0 Å². The minimum absolute atomic E-state index is 0.688. The second kappa shape index (κ2) is 3.20. The first-order valence-corrected chi connectivity index (χ1v) is 6.55. The summed E-state index contributed by atoms with van der Waals surface area (Å²) in [6, 6.07) is 0. The Morgan fingerprint density at radius 1 is 1.60 bits per heavy atom. The van der Waals surface area contributed by atoms with Crippen LogP contribution in [0.2, 0.25) is 4.82 Å². The quantitative estimate of drug-likeness (QED) is 0.569. The van der Waals surface area contributed by atoms with Gasteiger partial charge in [0, 0.05) is 0 Å². The van der Waals surface area contributed by atoms with Crippen LogP contribution in [0.3, 0.4) is 0 Å². The monoisotopic (exact) mass is 202 g/mol. The van der Waals surface area contributed by atoms with E-state index in [1.807, 2.05) is 0 Å². The van der Waals surface area contributed by atoms with Crippen LogP contribution in [0.25, 0.3) is 0 Å². The van der Waals surface area contributed by atoms with Crippen LogP contribution in [0.5, 0.6) is 0 Å². The van der Waals surface area contributed by atoms with Gasteiger partial charge in [0.1, 0.15) is 0 Å². The zero-order valence-corrected chi connectivity index (χ0v) is 6.66. The van der Waals surface area contributed by atoms with Crippen LogP contribution in [-0.4, -0.2) is 13.1 Å². The van der Waals surface area contributed by atoms with Crippen LogP contribution in [0.4, 0.5) is 0 Å². The molecule has 0 atom stereocenters. The predicted octanol–water partition coefficient (Wildman–Crippen LogP) is 1.83. The fourth-order valence-corrected chi connectivity index (χ4v) is 0. The van der Waals surface area contributed by atoms with E-state index in [0.717, 1.165) is 4.82 Å². The average molecular weight is 202 g/mol. The van der Waals surface area contributed by atoms with Gasteiger partial charge in [-0.25, -0.2) is 0 Å². The van der Waals surface area contributed by atoms with E-state index in [0.29, 0.717) is 13.1 Å². The summed E-state index contributed by atoms with van der Waals surface area (Å²) < 4.78 is 0. The first-order chi connectivity index (χ1) is 2.27. The Balaban J connectivity index is 2.54. The van der Waals surface area contributed by atoms with Crippen molar-refractivity contribution in [2.45, 2.75) is 18.7 Å². The molecular weight excluding hydrogens is 195 g/mol. The fourth-order valence-electron chi connectivity index (χ4n) is 0. The Hall–Kier alpha value is 0.999. The molecule has 0 aromatic carbocycles. The molecule has 0 aliphatic carbocycles. The van der Waals surface area contributed by atoms with Crippen molar-refractivity contribution in [1.29, 1.82) is 0 Å². The number of hydrogen-bond acceptors (Lipinski definition) is 0. The average Bonchev–Trinajstić information content (AvgIpc) is 1.38. The molecule has 0 amide bonds. The molecule has 32 valence electrons. The summed E-state index contributed by atoms with van der Waals surface area (Å²) >= 11 is 4.06. The number of rotatable bonds is 1. The third kappa shape index (κ3) is 5.00. The maximum absolute atomic E-state index is 3.38. The zero-order chi connectivity index (χ0) is 4.28. The molecule has 0 rings (SSSR count). The summed E-state index contributed by atoms with van der Waals surface area (Å²) in [7, 11) is 0. The van der Waals surface area contributed by atoms with Crippen LogP contribution in [0.15, 0.2) is 0 Å². The van der Waals surface area contributed by atoms with E-state index in [1.54, 1.807) is 0 Å². The van der Waals surface area contributed by atoms with E-state index in [-0.39, 0.29) is 0 Å². The van der Waals surface area contributed by atoms with E-state index in [9.17, 15) is 0 Å². The maximum atomic E-state index is 3.38. The third-order valence-electron chi connectivity index (χ3n) is 0.178. The van der Waals surface area contributed by atoms with Crippen molar-refractivity contribution in [2.75, 3.05) is 0 Å². The van der Waals surface area contributed by atoms with E-state index in [4.69, 9.17) is 0 Å². The molecule has 0 aliphatic rings. The predicted molar refractivity (Wildman–Crippen MR) is 29.8 cm³/mol. The van der Waals surface area contributed by atoms with E-state index in [2.05, 4.69) is 28.0 Å². The summed E-state index contributed by atoms with van der Waals surface area (Å²) in [4.78, 5) is 0.863. The van der Waals surface area contributed by atoms with Crippen molar-refractivity contribution in [3.8, 4) is 0 Å². The van der Waals surface area contributed by atoms with E-state index in [1.165, 1.54) is 0 Å². The molecule has 0 unspecified atom stereocenters. The molecule has 5 heavy (non-hydrogen) atoms. The van der Waals surface area contributed by atoms with Gasteiger partial charge < -0.3 is 0 Å². The van der Waals surface area contributed by atoms with Crippen LogP contribution < -0.4 is 0 Å². The molecular formula is C3H7BrSe. The van der Waals surface area contributed by atoms with Crippen molar-refractivity contribution in [3.05, 3.63) is 0 Å². The SMILES string of the molecule is CC(C)[Se]Br. The fraction of sp³-hybridized carbons (Fsp3) is 1.00. The molecule has 0 heterocycles. The number of hydrogen-bond donors (Lipinski definition) is 0. The van der Waals surface area contributed by atoms with Gasteiger partial charge in [-0.15, -0.1) is 0 Å². The zero-order valence-electron chi connectivity index (χ0n) is 3.36. The molecule has 0 aromatic heterocycles. The molecule has 2 heteroatoms. The molecule has 0 radical (unpaired) electrons. The molecule has 0 fully saturated rings. The molecule has 0 aromatic rings. The van der Waals surface area contributed by atoms with Gasteiger partial charge in [0.25, 0.3) is 0 Å². The van der Waals surface area contributed by atoms with Gasteiger partial charge in [-0.1, -0.05) is 0 Å². The standard InChI is InChI=1S/C3H7BrSe/c1-3(2)5-4/h3H,1-2H3. The Kier molecular flexibility index (Phi) is 3.84. The Labute approximate surface area is 46.2 Å². The van der Waals surface area contributed by atoms with E-state index >= 15 is 0 Å². The second-order valence-electron chi connectivity index (χ2n) is 1.14. The summed E-state index contributed by atoms with van der Waals surface area (Å²) in [5.41, 5.74) is 0. The summed E-state index contributed by atoms with van der Waals surface area (Å²) in [6.07, 6.45) is 0. The molecule has 0 bridgehead atoms. The molecule has 0 saturated carbocycles. The van der Waals surface area contributed by atoms with Crippen molar-refractivity contribution in [3.63, 3.8) is 0 Å². The first-order valence-electron chi connectivity index (χ1n) is 1.54. The summed E-state index contributed by atoms with van der Waals surface area (Å²) in [6.45, 7) is 4.41. The van der Waals surface area contributed by atoms with Crippen molar-refractivity contribution >= 4 is 27.3 Å². The van der Waals surface area contributed by atoms with Crippen LogP contribution >= 0.6 is 14.1 Å². The molecule has 0 N–H and O–H groups in total.